The molecule has 0 heterocycles. The zero-order chi connectivity index (χ0) is 14.4. The summed E-state index contributed by atoms with van der Waals surface area (Å²) in [5.41, 5.74) is 10.1. The summed E-state index contributed by atoms with van der Waals surface area (Å²) in [4.78, 5) is 2.45. The van der Waals surface area contributed by atoms with Gasteiger partial charge in [0.05, 0.1) is 0 Å². The Morgan fingerprint density at radius 1 is 1.26 bits per heavy atom. The molecule has 0 saturated carbocycles. The number of hydrogen-bond donors (Lipinski definition) is 1. The first-order valence-corrected chi connectivity index (χ1v) is 8.42. The van der Waals surface area contributed by atoms with E-state index >= 15 is 0 Å². The van der Waals surface area contributed by atoms with Crippen LogP contribution < -0.4 is 5.73 Å². The summed E-state index contributed by atoms with van der Waals surface area (Å²) >= 11 is 1.91. The van der Waals surface area contributed by atoms with Crippen LogP contribution in [0.4, 0.5) is 0 Å². The summed E-state index contributed by atoms with van der Waals surface area (Å²) in [6, 6.07) is 7.62. The monoisotopic (exact) mass is 280 g/mol. The van der Waals surface area contributed by atoms with E-state index in [1.807, 2.05) is 11.8 Å². The molecule has 1 aromatic rings. The number of aryl methyl sites for hydroxylation is 2. The summed E-state index contributed by atoms with van der Waals surface area (Å²) in [7, 11) is 2.21. The molecule has 19 heavy (non-hydrogen) atoms. The van der Waals surface area contributed by atoms with Gasteiger partial charge in [0, 0.05) is 24.4 Å². The van der Waals surface area contributed by atoms with Gasteiger partial charge in [-0.2, -0.15) is 11.8 Å². The van der Waals surface area contributed by atoms with Gasteiger partial charge in [-0.15, -0.1) is 0 Å². The zero-order valence-corrected chi connectivity index (χ0v) is 13.8. The molecule has 0 saturated heterocycles. The van der Waals surface area contributed by atoms with E-state index in [2.05, 4.69) is 57.2 Å². The van der Waals surface area contributed by atoms with E-state index in [4.69, 9.17) is 5.73 Å². The van der Waals surface area contributed by atoms with E-state index in [1.54, 1.807) is 0 Å². The largest absolute Gasteiger partial charge is 0.329 e. The van der Waals surface area contributed by atoms with Crippen molar-refractivity contribution >= 4 is 11.8 Å². The lowest BCUT2D eigenvalue weighted by Gasteiger charge is -2.34. The standard InChI is InChI=1S/C16H28N2S/c1-6-15(11-19-5)18(4)16(10-17)14-8-7-12(2)13(3)9-14/h7-9,15-16H,6,10-11,17H2,1-5H3. The predicted molar refractivity (Wildman–Crippen MR) is 87.9 cm³/mol. The minimum atomic E-state index is 0.316. The molecule has 2 N–H and O–H groups in total. The molecule has 0 aliphatic rings. The second-order valence-corrected chi connectivity index (χ2v) is 6.19. The van der Waals surface area contributed by atoms with Crippen LogP contribution in [0, 0.1) is 13.8 Å². The van der Waals surface area contributed by atoms with Gasteiger partial charge in [0.25, 0.3) is 0 Å². The fraction of sp³-hybridized carbons (Fsp3) is 0.625. The Kier molecular flexibility index (Phi) is 6.90. The number of thioether (sulfide) groups is 1. The Bertz CT molecular complexity index is 392. The highest BCUT2D eigenvalue weighted by Crippen LogP contribution is 2.24. The van der Waals surface area contributed by atoms with Gasteiger partial charge < -0.3 is 5.73 Å². The van der Waals surface area contributed by atoms with Crippen LogP contribution in [0.1, 0.15) is 36.1 Å². The van der Waals surface area contributed by atoms with Gasteiger partial charge in [-0.1, -0.05) is 25.1 Å². The number of rotatable bonds is 7. The van der Waals surface area contributed by atoms with Crippen LogP contribution >= 0.6 is 11.8 Å². The molecule has 0 aliphatic heterocycles. The van der Waals surface area contributed by atoms with E-state index in [1.165, 1.54) is 23.1 Å². The van der Waals surface area contributed by atoms with Gasteiger partial charge in [0.2, 0.25) is 0 Å². The molecule has 3 heteroatoms. The maximum Gasteiger partial charge on any atom is 0.0470 e. The summed E-state index contributed by atoms with van der Waals surface area (Å²) in [6.45, 7) is 7.25. The molecule has 108 valence electrons. The van der Waals surface area contributed by atoms with Crippen LogP contribution in [0.15, 0.2) is 18.2 Å². The topological polar surface area (TPSA) is 29.3 Å². The average Bonchev–Trinajstić information content (AvgIpc) is 2.40. The number of benzene rings is 1. The number of nitrogens with zero attached hydrogens (tertiary/aromatic N) is 1. The first kappa shape index (κ1) is 16.5. The van der Waals surface area contributed by atoms with Gasteiger partial charge >= 0.3 is 0 Å². The van der Waals surface area contributed by atoms with Gasteiger partial charge in [-0.05, 0) is 50.3 Å². The molecule has 0 aromatic heterocycles. The van der Waals surface area contributed by atoms with Crippen molar-refractivity contribution in [2.24, 2.45) is 5.73 Å². The Labute approximate surface area is 122 Å². The Morgan fingerprint density at radius 2 is 1.95 bits per heavy atom. The molecule has 0 aliphatic carbocycles. The third-order valence-corrected chi connectivity index (χ3v) is 4.75. The normalized spacial score (nSPS) is 14.7. The van der Waals surface area contributed by atoms with Gasteiger partial charge in [0.1, 0.15) is 0 Å². The van der Waals surface area contributed by atoms with Crippen molar-refractivity contribution in [3.05, 3.63) is 34.9 Å². The molecule has 0 radical (unpaired) electrons. The van der Waals surface area contributed by atoms with Crippen molar-refractivity contribution in [1.29, 1.82) is 0 Å². The molecule has 0 fully saturated rings. The van der Waals surface area contributed by atoms with Crippen LogP contribution in [0.25, 0.3) is 0 Å². The van der Waals surface area contributed by atoms with Crippen LogP contribution in [0.2, 0.25) is 0 Å². The quantitative estimate of drug-likeness (QED) is 0.830. The zero-order valence-electron chi connectivity index (χ0n) is 12.9. The Morgan fingerprint density at radius 3 is 2.42 bits per heavy atom. The molecule has 1 rings (SSSR count). The van der Waals surface area contributed by atoms with E-state index in [0.29, 0.717) is 18.6 Å². The summed E-state index contributed by atoms with van der Waals surface area (Å²) in [5.74, 6) is 1.16. The summed E-state index contributed by atoms with van der Waals surface area (Å²) < 4.78 is 0. The lowest BCUT2D eigenvalue weighted by Crippen LogP contribution is -2.39. The lowest BCUT2D eigenvalue weighted by molar-refractivity contribution is 0.188. The SMILES string of the molecule is CCC(CSC)N(C)C(CN)c1ccc(C)c(C)c1. The number of likely N-dealkylation sites (N-methyl/N-ethyl adjacent to an activating group) is 1. The highest BCUT2D eigenvalue weighted by molar-refractivity contribution is 7.98. The van der Waals surface area contributed by atoms with Crippen LogP contribution in [-0.4, -0.2) is 36.5 Å². The predicted octanol–water partition coefficient (Wildman–Crippen LogP) is 3.38. The van der Waals surface area contributed by atoms with E-state index in [9.17, 15) is 0 Å². The highest BCUT2D eigenvalue weighted by atomic mass is 32.2. The van der Waals surface area contributed by atoms with Crippen molar-refractivity contribution in [3.63, 3.8) is 0 Å². The van der Waals surface area contributed by atoms with Gasteiger partial charge in [0.15, 0.2) is 0 Å². The van der Waals surface area contributed by atoms with Crippen molar-refractivity contribution < 1.29 is 0 Å². The van der Waals surface area contributed by atoms with Crippen molar-refractivity contribution in [1.82, 2.24) is 4.90 Å². The number of hydrogen-bond acceptors (Lipinski definition) is 3. The first-order valence-electron chi connectivity index (χ1n) is 7.03. The van der Waals surface area contributed by atoms with Crippen molar-refractivity contribution in [3.8, 4) is 0 Å². The van der Waals surface area contributed by atoms with Crippen LogP contribution in [-0.2, 0) is 0 Å². The van der Waals surface area contributed by atoms with Gasteiger partial charge in [-0.25, -0.2) is 0 Å². The Hall–Kier alpha value is -0.510. The lowest BCUT2D eigenvalue weighted by atomic mass is 9.99. The molecule has 0 spiro atoms. The van der Waals surface area contributed by atoms with Crippen LogP contribution in [0.3, 0.4) is 0 Å². The molecule has 2 nitrogen and oxygen atoms in total. The van der Waals surface area contributed by atoms with E-state index in [-0.39, 0.29) is 0 Å². The molecule has 2 atom stereocenters. The second kappa shape index (κ2) is 7.93. The third-order valence-electron chi connectivity index (χ3n) is 4.04. The molecule has 0 amide bonds. The minimum Gasteiger partial charge on any atom is -0.329 e. The highest BCUT2D eigenvalue weighted by Gasteiger charge is 2.22. The fourth-order valence-electron chi connectivity index (χ4n) is 2.48. The smallest absolute Gasteiger partial charge is 0.0470 e. The summed E-state index contributed by atoms with van der Waals surface area (Å²) in [6.07, 6.45) is 3.34. The minimum absolute atomic E-state index is 0.316. The third kappa shape index (κ3) is 4.23. The molecule has 1 aromatic carbocycles. The van der Waals surface area contributed by atoms with Crippen molar-refractivity contribution in [2.45, 2.75) is 39.3 Å². The first-order chi connectivity index (χ1) is 9.04. The second-order valence-electron chi connectivity index (χ2n) is 5.28. The maximum absolute atomic E-state index is 6.03. The molecule has 0 bridgehead atoms. The summed E-state index contributed by atoms with van der Waals surface area (Å²) in [5, 5.41) is 0. The average molecular weight is 280 g/mol. The fourth-order valence-corrected chi connectivity index (χ4v) is 3.34. The van der Waals surface area contributed by atoms with Gasteiger partial charge in [-0.3, -0.25) is 4.90 Å². The molecular formula is C16H28N2S. The molecule has 2 unspecified atom stereocenters. The maximum atomic E-state index is 6.03. The van der Waals surface area contributed by atoms with E-state index in [0.717, 1.165) is 5.75 Å². The van der Waals surface area contributed by atoms with Crippen molar-refractivity contribution in [2.75, 3.05) is 25.6 Å². The van der Waals surface area contributed by atoms with Crippen LogP contribution in [0.5, 0.6) is 0 Å². The number of nitrogens with two attached hydrogens (primary N) is 1. The Balaban J connectivity index is 2.94. The molecular weight excluding hydrogens is 252 g/mol. The van der Waals surface area contributed by atoms with E-state index < -0.39 is 0 Å².